The van der Waals surface area contributed by atoms with Crippen LogP contribution < -0.4 is 5.69 Å². The average Bonchev–Trinajstić information content (AvgIpc) is 2.70. The minimum absolute atomic E-state index is 0.0949. The lowest BCUT2D eigenvalue weighted by atomic mass is 10.2. The first-order valence-electron chi connectivity index (χ1n) is 6.11. The number of rotatable bonds is 2. The summed E-state index contributed by atoms with van der Waals surface area (Å²) in [7, 11) is 0. The molecule has 1 aliphatic rings. The van der Waals surface area contributed by atoms with Crippen molar-refractivity contribution in [1.82, 2.24) is 19.3 Å². The van der Waals surface area contributed by atoms with Crippen LogP contribution in [0.5, 0.6) is 0 Å². The van der Waals surface area contributed by atoms with Gasteiger partial charge in [0, 0.05) is 19.2 Å². The minimum Gasteiger partial charge on any atom is -0.279 e. The highest BCUT2D eigenvalue weighted by molar-refractivity contribution is 6.34. The standard InChI is InChI=1S/C12H12Cl2N4O/c13-8-5-9(14)10(15-6-8)7-18-12(19)17-4-2-1-3-11(17)16-18/h5-6H,1-4,7H2. The van der Waals surface area contributed by atoms with E-state index in [1.807, 2.05) is 0 Å². The topological polar surface area (TPSA) is 52.7 Å². The highest BCUT2D eigenvalue weighted by atomic mass is 35.5. The van der Waals surface area contributed by atoms with Crippen LogP contribution in [0.25, 0.3) is 0 Å². The Kier molecular flexibility index (Phi) is 3.33. The number of hydrogen-bond donors (Lipinski definition) is 0. The van der Waals surface area contributed by atoms with Crippen LogP contribution in [0.15, 0.2) is 17.1 Å². The van der Waals surface area contributed by atoms with Crippen LogP contribution in [0.2, 0.25) is 10.0 Å². The van der Waals surface area contributed by atoms with Crippen molar-refractivity contribution in [2.45, 2.75) is 32.4 Å². The molecule has 2 aromatic rings. The van der Waals surface area contributed by atoms with Crippen molar-refractivity contribution in [3.8, 4) is 0 Å². The molecule has 0 saturated carbocycles. The molecule has 0 fully saturated rings. The van der Waals surface area contributed by atoms with Crippen molar-refractivity contribution in [3.05, 3.63) is 44.3 Å². The van der Waals surface area contributed by atoms with Gasteiger partial charge in [-0.2, -0.15) is 5.10 Å². The van der Waals surface area contributed by atoms with E-state index < -0.39 is 0 Å². The molecule has 1 aliphatic heterocycles. The SMILES string of the molecule is O=c1n(Cc2ncc(Cl)cc2Cl)nc2n1CCCC2. The lowest BCUT2D eigenvalue weighted by molar-refractivity contribution is 0.511. The van der Waals surface area contributed by atoms with Crippen LogP contribution >= 0.6 is 23.2 Å². The van der Waals surface area contributed by atoms with Crippen LogP contribution in [0, 0.1) is 0 Å². The van der Waals surface area contributed by atoms with Crippen molar-refractivity contribution in [2.24, 2.45) is 0 Å². The minimum atomic E-state index is -0.0949. The van der Waals surface area contributed by atoms with E-state index in [-0.39, 0.29) is 12.2 Å². The molecule has 0 unspecified atom stereocenters. The molecule has 0 saturated heterocycles. The van der Waals surface area contributed by atoms with Gasteiger partial charge in [-0.1, -0.05) is 23.2 Å². The van der Waals surface area contributed by atoms with Crippen molar-refractivity contribution in [3.63, 3.8) is 0 Å². The van der Waals surface area contributed by atoms with Crippen molar-refractivity contribution in [2.75, 3.05) is 0 Å². The van der Waals surface area contributed by atoms with Gasteiger partial charge in [0.15, 0.2) is 0 Å². The van der Waals surface area contributed by atoms with Gasteiger partial charge in [-0.05, 0) is 18.9 Å². The van der Waals surface area contributed by atoms with Gasteiger partial charge < -0.3 is 0 Å². The fraction of sp³-hybridized carbons (Fsp3) is 0.417. The second-order valence-electron chi connectivity index (χ2n) is 4.55. The summed E-state index contributed by atoms with van der Waals surface area (Å²) in [5, 5.41) is 5.27. The molecule has 0 atom stereocenters. The Morgan fingerprint density at radius 1 is 1.32 bits per heavy atom. The summed E-state index contributed by atoms with van der Waals surface area (Å²) in [5.41, 5.74) is 0.506. The number of fused-ring (bicyclic) bond motifs is 1. The zero-order chi connectivity index (χ0) is 13.4. The number of aryl methyl sites for hydroxylation is 1. The summed E-state index contributed by atoms with van der Waals surface area (Å²) in [6.45, 7) is 1.02. The molecule has 2 aromatic heterocycles. The van der Waals surface area contributed by atoms with Crippen molar-refractivity contribution < 1.29 is 0 Å². The van der Waals surface area contributed by atoms with E-state index in [4.69, 9.17) is 23.2 Å². The number of pyridine rings is 1. The molecule has 5 nitrogen and oxygen atoms in total. The summed E-state index contributed by atoms with van der Waals surface area (Å²) >= 11 is 11.9. The van der Waals surface area contributed by atoms with Crippen LogP contribution in [-0.4, -0.2) is 19.3 Å². The number of nitrogens with zero attached hydrogens (tertiary/aromatic N) is 4. The summed E-state index contributed by atoms with van der Waals surface area (Å²) in [6, 6.07) is 1.62. The molecule has 0 bridgehead atoms. The third-order valence-electron chi connectivity index (χ3n) is 3.22. The summed E-state index contributed by atoms with van der Waals surface area (Å²) in [5.74, 6) is 0.848. The summed E-state index contributed by atoms with van der Waals surface area (Å²) in [6.07, 6.45) is 4.47. The first-order valence-corrected chi connectivity index (χ1v) is 6.87. The lowest BCUT2D eigenvalue weighted by Gasteiger charge is -2.09. The fourth-order valence-corrected chi connectivity index (χ4v) is 2.69. The van der Waals surface area contributed by atoms with Crippen LogP contribution in [-0.2, 0) is 19.5 Å². The smallest absolute Gasteiger partial charge is 0.279 e. The van der Waals surface area contributed by atoms with Crippen LogP contribution in [0.4, 0.5) is 0 Å². The van der Waals surface area contributed by atoms with Gasteiger partial charge >= 0.3 is 5.69 Å². The average molecular weight is 299 g/mol. The van der Waals surface area contributed by atoms with E-state index >= 15 is 0 Å². The van der Waals surface area contributed by atoms with Gasteiger partial charge in [0.25, 0.3) is 0 Å². The summed E-state index contributed by atoms with van der Waals surface area (Å²) in [4.78, 5) is 16.3. The molecular weight excluding hydrogens is 287 g/mol. The number of hydrogen-bond acceptors (Lipinski definition) is 3. The monoisotopic (exact) mass is 298 g/mol. The lowest BCUT2D eigenvalue weighted by Crippen LogP contribution is -2.27. The molecule has 7 heteroatoms. The highest BCUT2D eigenvalue weighted by Gasteiger charge is 2.17. The van der Waals surface area contributed by atoms with E-state index in [0.29, 0.717) is 15.7 Å². The Labute approximate surface area is 119 Å². The molecule has 3 heterocycles. The first kappa shape index (κ1) is 12.7. The van der Waals surface area contributed by atoms with Gasteiger partial charge in [-0.3, -0.25) is 9.55 Å². The molecular formula is C12H12Cl2N4O. The second-order valence-corrected chi connectivity index (χ2v) is 5.39. The number of aromatic nitrogens is 4. The molecule has 0 spiro atoms. The van der Waals surface area contributed by atoms with E-state index in [1.165, 1.54) is 10.9 Å². The van der Waals surface area contributed by atoms with E-state index in [2.05, 4.69) is 10.1 Å². The van der Waals surface area contributed by atoms with Gasteiger partial charge in [-0.25, -0.2) is 9.48 Å². The largest absolute Gasteiger partial charge is 0.346 e. The molecule has 100 valence electrons. The maximum Gasteiger partial charge on any atom is 0.346 e. The molecule has 0 aliphatic carbocycles. The predicted octanol–water partition coefficient (Wildman–Crippen LogP) is 2.13. The zero-order valence-corrected chi connectivity index (χ0v) is 11.7. The van der Waals surface area contributed by atoms with Crippen LogP contribution in [0.3, 0.4) is 0 Å². The van der Waals surface area contributed by atoms with Gasteiger partial charge in [0.2, 0.25) is 0 Å². The summed E-state index contributed by atoms with van der Waals surface area (Å²) < 4.78 is 3.15. The zero-order valence-electron chi connectivity index (χ0n) is 10.1. The van der Waals surface area contributed by atoms with Crippen molar-refractivity contribution in [1.29, 1.82) is 0 Å². The highest BCUT2D eigenvalue weighted by Crippen LogP contribution is 2.19. The van der Waals surface area contributed by atoms with Crippen molar-refractivity contribution >= 4 is 23.2 Å². The van der Waals surface area contributed by atoms with Gasteiger partial charge in [-0.15, -0.1) is 0 Å². The quantitative estimate of drug-likeness (QED) is 0.853. The number of halogens is 2. The molecule has 0 aromatic carbocycles. The van der Waals surface area contributed by atoms with E-state index in [9.17, 15) is 4.79 Å². The molecule has 0 N–H and O–H groups in total. The molecule has 0 amide bonds. The maximum absolute atomic E-state index is 12.2. The van der Waals surface area contributed by atoms with Gasteiger partial charge in [0.05, 0.1) is 22.3 Å². The van der Waals surface area contributed by atoms with Gasteiger partial charge in [0.1, 0.15) is 5.82 Å². The van der Waals surface area contributed by atoms with E-state index in [1.54, 1.807) is 10.6 Å². The third kappa shape index (κ3) is 2.40. The predicted molar refractivity (Wildman–Crippen MR) is 72.8 cm³/mol. The Bertz CT molecular complexity index is 677. The van der Waals surface area contributed by atoms with Crippen LogP contribution in [0.1, 0.15) is 24.4 Å². The normalized spacial score (nSPS) is 14.4. The van der Waals surface area contributed by atoms with E-state index in [0.717, 1.165) is 31.6 Å². The molecule has 19 heavy (non-hydrogen) atoms. The Morgan fingerprint density at radius 2 is 2.16 bits per heavy atom. The Morgan fingerprint density at radius 3 is 2.89 bits per heavy atom. The third-order valence-corrected chi connectivity index (χ3v) is 3.75. The molecule has 0 radical (unpaired) electrons. The molecule has 3 rings (SSSR count). The Balaban J connectivity index is 1.95. The second kappa shape index (κ2) is 4.98. The fourth-order valence-electron chi connectivity index (χ4n) is 2.25. The first-order chi connectivity index (χ1) is 9.15. The maximum atomic E-state index is 12.2. The Hall–Kier alpha value is -1.33.